The highest BCUT2D eigenvalue weighted by Gasteiger charge is 2.28. The van der Waals surface area contributed by atoms with E-state index in [1.807, 2.05) is 36.4 Å². The Kier molecular flexibility index (Phi) is 6.82. The molecular weight excluding hydrogens is 433 g/mol. The summed E-state index contributed by atoms with van der Waals surface area (Å²) in [5.74, 6) is -1.08. The lowest BCUT2D eigenvalue weighted by Crippen LogP contribution is -2.35. The predicted molar refractivity (Wildman–Crippen MR) is 128 cm³/mol. The number of amides is 3. The third kappa shape index (κ3) is 5.38. The highest BCUT2D eigenvalue weighted by atomic mass is 19.1. The van der Waals surface area contributed by atoms with Gasteiger partial charge in [0.25, 0.3) is 5.91 Å². The molecular formula is C27H24FN3O3. The highest BCUT2D eigenvalue weighted by molar-refractivity contribution is 6.04. The Bertz CT molecular complexity index is 1250. The van der Waals surface area contributed by atoms with Crippen LogP contribution in [0.25, 0.3) is 6.08 Å². The second kappa shape index (κ2) is 10.1. The van der Waals surface area contributed by atoms with Gasteiger partial charge in [0.2, 0.25) is 11.8 Å². The maximum absolute atomic E-state index is 13.1. The summed E-state index contributed by atoms with van der Waals surface area (Å²) >= 11 is 0. The van der Waals surface area contributed by atoms with Crippen molar-refractivity contribution in [1.29, 1.82) is 0 Å². The van der Waals surface area contributed by atoms with Crippen LogP contribution in [0.2, 0.25) is 0 Å². The molecule has 7 heteroatoms. The molecule has 3 amide bonds. The quantitative estimate of drug-likeness (QED) is 0.565. The molecule has 1 aliphatic heterocycles. The number of carbonyl (C=O) groups is 3. The highest BCUT2D eigenvalue weighted by Crippen LogP contribution is 2.32. The molecule has 172 valence electrons. The van der Waals surface area contributed by atoms with Crippen LogP contribution in [0, 0.1) is 5.82 Å². The van der Waals surface area contributed by atoms with Crippen LogP contribution in [0.3, 0.4) is 0 Å². The fourth-order valence-corrected chi connectivity index (χ4v) is 3.93. The summed E-state index contributed by atoms with van der Waals surface area (Å²) in [6, 6.07) is 19.7. The van der Waals surface area contributed by atoms with Crippen LogP contribution >= 0.6 is 0 Å². The van der Waals surface area contributed by atoms with E-state index in [9.17, 15) is 18.8 Å². The van der Waals surface area contributed by atoms with Gasteiger partial charge < -0.3 is 15.5 Å². The minimum atomic E-state index is -0.409. The number of carbonyl (C=O) groups excluding carboxylic acids is 3. The number of fused-ring (bicyclic) bond motifs is 1. The van der Waals surface area contributed by atoms with E-state index >= 15 is 0 Å². The SMILES string of the molecule is CC(=O)N1C=Cc2ccccc2C1CC(=O)NCc1cccc(NC(=O)c2ccc(F)cc2)c1. The lowest BCUT2D eigenvalue weighted by molar-refractivity contribution is -0.130. The third-order valence-corrected chi connectivity index (χ3v) is 5.63. The third-order valence-electron chi connectivity index (χ3n) is 5.63. The van der Waals surface area contributed by atoms with Crippen LogP contribution < -0.4 is 10.6 Å². The normalized spacial score (nSPS) is 14.3. The molecule has 0 saturated heterocycles. The first-order valence-electron chi connectivity index (χ1n) is 10.9. The van der Waals surface area contributed by atoms with Crippen molar-refractivity contribution in [1.82, 2.24) is 10.2 Å². The van der Waals surface area contributed by atoms with Crippen LogP contribution in [0.1, 0.15) is 46.4 Å². The summed E-state index contributed by atoms with van der Waals surface area (Å²) in [6.07, 6.45) is 3.72. The zero-order valence-corrected chi connectivity index (χ0v) is 18.6. The Morgan fingerprint density at radius 1 is 0.971 bits per heavy atom. The summed E-state index contributed by atoms with van der Waals surface area (Å²) in [4.78, 5) is 38.8. The van der Waals surface area contributed by atoms with E-state index in [1.165, 1.54) is 31.2 Å². The van der Waals surface area contributed by atoms with Crippen LogP contribution in [0.5, 0.6) is 0 Å². The van der Waals surface area contributed by atoms with Crippen molar-refractivity contribution in [3.05, 3.63) is 107 Å². The summed E-state index contributed by atoms with van der Waals surface area (Å²) in [7, 11) is 0. The molecule has 6 nitrogen and oxygen atoms in total. The topological polar surface area (TPSA) is 78.5 Å². The molecule has 4 rings (SSSR count). The van der Waals surface area contributed by atoms with Crippen molar-refractivity contribution in [2.45, 2.75) is 25.9 Å². The van der Waals surface area contributed by atoms with Gasteiger partial charge in [0, 0.05) is 30.9 Å². The first kappa shape index (κ1) is 22.9. The second-order valence-corrected chi connectivity index (χ2v) is 8.03. The van der Waals surface area contributed by atoms with E-state index in [1.54, 1.807) is 29.3 Å². The van der Waals surface area contributed by atoms with Crippen molar-refractivity contribution in [3.8, 4) is 0 Å². The average molecular weight is 458 g/mol. The van der Waals surface area contributed by atoms with Crippen molar-refractivity contribution in [2.75, 3.05) is 5.32 Å². The molecule has 1 atom stereocenters. The first-order valence-corrected chi connectivity index (χ1v) is 10.9. The number of hydrogen-bond donors (Lipinski definition) is 2. The van der Waals surface area contributed by atoms with Gasteiger partial charge in [0.1, 0.15) is 5.82 Å². The lowest BCUT2D eigenvalue weighted by Gasteiger charge is -2.32. The maximum Gasteiger partial charge on any atom is 0.255 e. The average Bonchev–Trinajstić information content (AvgIpc) is 2.83. The van der Waals surface area contributed by atoms with Crippen molar-refractivity contribution >= 4 is 29.5 Å². The molecule has 0 spiro atoms. The lowest BCUT2D eigenvalue weighted by atomic mass is 9.93. The molecule has 0 radical (unpaired) electrons. The van der Waals surface area contributed by atoms with Gasteiger partial charge in [0.15, 0.2) is 0 Å². The minimum absolute atomic E-state index is 0.127. The van der Waals surface area contributed by atoms with E-state index in [0.29, 0.717) is 11.3 Å². The van der Waals surface area contributed by atoms with Gasteiger partial charge in [-0.1, -0.05) is 36.4 Å². The van der Waals surface area contributed by atoms with E-state index in [0.717, 1.165) is 16.7 Å². The van der Waals surface area contributed by atoms with Gasteiger partial charge in [-0.25, -0.2) is 4.39 Å². The van der Waals surface area contributed by atoms with Crippen LogP contribution in [0.4, 0.5) is 10.1 Å². The smallest absolute Gasteiger partial charge is 0.255 e. The number of benzene rings is 3. The van der Waals surface area contributed by atoms with Gasteiger partial charge >= 0.3 is 0 Å². The second-order valence-electron chi connectivity index (χ2n) is 8.03. The van der Waals surface area contributed by atoms with Crippen molar-refractivity contribution < 1.29 is 18.8 Å². The summed E-state index contributed by atoms with van der Waals surface area (Å²) < 4.78 is 13.1. The molecule has 34 heavy (non-hydrogen) atoms. The molecule has 2 N–H and O–H groups in total. The molecule has 0 saturated carbocycles. The van der Waals surface area contributed by atoms with Gasteiger partial charge in [-0.15, -0.1) is 0 Å². The Labute approximate surface area is 197 Å². The van der Waals surface area contributed by atoms with Gasteiger partial charge in [-0.05, 0) is 59.2 Å². The van der Waals surface area contributed by atoms with Crippen LogP contribution in [0.15, 0.2) is 79.0 Å². The Morgan fingerprint density at radius 3 is 2.50 bits per heavy atom. The summed E-state index contributed by atoms with van der Waals surface area (Å²) in [6.45, 7) is 1.75. The number of nitrogens with one attached hydrogen (secondary N) is 2. The molecule has 0 fully saturated rings. The zero-order valence-electron chi connectivity index (χ0n) is 18.6. The molecule has 1 unspecified atom stereocenters. The summed E-state index contributed by atoms with van der Waals surface area (Å²) in [5, 5.41) is 5.67. The van der Waals surface area contributed by atoms with Crippen LogP contribution in [-0.2, 0) is 16.1 Å². The number of halogens is 1. The predicted octanol–water partition coefficient (Wildman–Crippen LogP) is 4.66. The van der Waals surface area contributed by atoms with E-state index in [2.05, 4.69) is 10.6 Å². The van der Waals surface area contributed by atoms with Gasteiger partial charge in [0.05, 0.1) is 12.5 Å². The van der Waals surface area contributed by atoms with Gasteiger partial charge in [-0.3, -0.25) is 14.4 Å². The van der Waals surface area contributed by atoms with E-state index in [-0.39, 0.29) is 36.7 Å². The number of anilines is 1. The molecule has 0 bridgehead atoms. The Morgan fingerprint density at radius 2 is 1.74 bits per heavy atom. The van der Waals surface area contributed by atoms with Crippen LogP contribution in [-0.4, -0.2) is 22.6 Å². The fourth-order valence-electron chi connectivity index (χ4n) is 3.93. The Balaban J connectivity index is 1.38. The molecule has 0 aromatic heterocycles. The molecule has 0 aliphatic carbocycles. The number of nitrogens with zero attached hydrogens (tertiary/aromatic N) is 1. The number of hydrogen-bond acceptors (Lipinski definition) is 3. The standard InChI is InChI=1S/C27H24FN3O3/c1-18(32)31-14-13-20-6-2-3-8-24(20)25(31)16-26(33)29-17-19-5-4-7-23(15-19)30-27(34)21-9-11-22(28)12-10-21/h2-15,25H,16-17H2,1H3,(H,29,33)(H,30,34). The Hall–Kier alpha value is -4.26. The first-order chi connectivity index (χ1) is 16.4. The largest absolute Gasteiger partial charge is 0.352 e. The van der Waals surface area contributed by atoms with Gasteiger partial charge in [-0.2, -0.15) is 0 Å². The van der Waals surface area contributed by atoms with E-state index in [4.69, 9.17) is 0 Å². The zero-order chi connectivity index (χ0) is 24.1. The fraction of sp³-hybridized carbons (Fsp3) is 0.148. The summed E-state index contributed by atoms with van der Waals surface area (Å²) in [5.41, 5.74) is 3.63. The van der Waals surface area contributed by atoms with Crippen molar-refractivity contribution in [3.63, 3.8) is 0 Å². The molecule has 1 aliphatic rings. The number of rotatable bonds is 6. The molecule has 3 aromatic rings. The van der Waals surface area contributed by atoms with Crippen molar-refractivity contribution in [2.24, 2.45) is 0 Å². The monoisotopic (exact) mass is 457 g/mol. The van der Waals surface area contributed by atoms with E-state index < -0.39 is 5.82 Å². The molecule has 1 heterocycles. The maximum atomic E-state index is 13.1. The minimum Gasteiger partial charge on any atom is -0.352 e. The molecule has 3 aromatic carbocycles.